The minimum Gasteiger partial charge on any atom is -0.389 e. The average Bonchev–Trinajstić information content (AvgIpc) is 2.92. The molecule has 0 aromatic rings. The average molecular weight is 237 g/mol. The van der Waals surface area contributed by atoms with E-state index in [0.29, 0.717) is 0 Å². The molecule has 0 bridgehead atoms. The fraction of sp³-hybridized carbons (Fsp3) is 0.929. The third kappa shape index (κ3) is 2.48. The number of hydrogen-bond acceptors (Lipinski definition) is 3. The topological polar surface area (TPSA) is 53.2 Å². The van der Waals surface area contributed by atoms with Gasteiger partial charge in [-0.05, 0) is 44.4 Å². The highest BCUT2D eigenvalue weighted by atomic mass is 16.5. The molecule has 0 spiro atoms. The van der Waals surface area contributed by atoms with Gasteiger partial charge < -0.3 is 9.84 Å². The molecule has 17 heavy (non-hydrogen) atoms. The van der Waals surface area contributed by atoms with E-state index in [0.717, 1.165) is 51.0 Å². The first-order chi connectivity index (χ1) is 8.22. The van der Waals surface area contributed by atoms with Gasteiger partial charge in [-0.15, -0.1) is 0 Å². The molecule has 1 N–H and O–H groups in total. The van der Waals surface area contributed by atoms with Gasteiger partial charge in [-0.2, -0.15) is 5.26 Å². The van der Waals surface area contributed by atoms with Crippen LogP contribution in [0.4, 0.5) is 0 Å². The minimum atomic E-state index is -0.590. The van der Waals surface area contributed by atoms with Crippen molar-refractivity contribution in [2.24, 2.45) is 11.3 Å². The number of rotatable bonds is 3. The second-order valence-corrected chi connectivity index (χ2v) is 5.62. The summed E-state index contributed by atoms with van der Waals surface area (Å²) in [5, 5.41) is 19.9. The normalized spacial score (nSPS) is 39.8. The third-order valence-corrected chi connectivity index (χ3v) is 4.68. The lowest BCUT2D eigenvalue weighted by molar-refractivity contribution is -0.0698. The first-order valence-corrected chi connectivity index (χ1v) is 6.93. The molecular weight excluding hydrogens is 214 g/mol. The van der Waals surface area contributed by atoms with Gasteiger partial charge in [0, 0.05) is 6.61 Å². The van der Waals surface area contributed by atoms with Gasteiger partial charge in [0.05, 0.1) is 23.7 Å². The van der Waals surface area contributed by atoms with Crippen LogP contribution in [-0.2, 0) is 4.74 Å². The maximum Gasteiger partial charge on any atom is 0.0987 e. The van der Waals surface area contributed by atoms with Crippen molar-refractivity contribution < 1.29 is 9.84 Å². The third-order valence-electron chi connectivity index (χ3n) is 4.68. The van der Waals surface area contributed by atoms with Crippen LogP contribution in [0.1, 0.15) is 51.9 Å². The zero-order valence-electron chi connectivity index (χ0n) is 10.7. The Bertz CT molecular complexity index is 283. The maximum absolute atomic E-state index is 10.4. The van der Waals surface area contributed by atoms with Crippen molar-refractivity contribution in [3.05, 3.63) is 0 Å². The molecular formula is C14H23NO2. The van der Waals surface area contributed by atoms with Gasteiger partial charge in [0.2, 0.25) is 0 Å². The Hall–Kier alpha value is -0.590. The van der Waals surface area contributed by atoms with Crippen LogP contribution in [0, 0.1) is 22.7 Å². The lowest BCUT2D eigenvalue weighted by Gasteiger charge is -2.39. The molecule has 2 rings (SSSR count). The molecule has 0 amide bonds. The summed E-state index contributed by atoms with van der Waals surface area (Å²) in [6, 6.07) is 2.41. The van der Waals surface area contributed by atoms with E-state index in [-0.39, 0.29) is 6.10 Å². The van der Waals surface area contributed by atoms with Gasteiger partial charge in [0.15, 0.2) is 0 Å². The number of aliphatic hydroxyl groups excluding tert-OH is 1. The second kappa shape index (κ2) is 5.37. The van der Waals surface area contributed by atoms with Gasteiger partial charge in [-0.25, -0.2) is 0 Å². The highest BCUT2D eigenvalue weighted by Crippen LogP contribution is 2.44. The van der Waals surface area contributed by atoms with Crippen LogP contribution in [-0.4, -0.2) is 23.9 Å². The van der Waals surface area contributed by atoms with Crippen LogP contribution in [0.2, 0.25) is 0 Å². The molecule has 1 saturated heterocycles. The summed E-state index contributed by atoms with van der Waals surface area (Å²) >= 11 is 0. The first kappa shape index (κ1) is 12.9. The zero-order chi connectivity index (χ0) is 12.3. The maximum atomic E-state index is 10.4. The van der Waals surface area contributed by atoms with Crippen molar-refractivity contribution in [2.45, 2.75) is 64.1 Å². The van der Waals surface area contributed by atoms with Crippen LogP contribution in [0.15, 0.2) is 0 Å². The molecule has 1 aliphatic heterocycles. The van der Waals surface area contributed by atoms with Gasteiger partial charge >= 0.3 is 0 Å². The Morgan fingerprint density at radius 1 is 1.41 bits per heavy atom. The molecule has 3 heteroatoms. The lowest BCUT2D eigenvalue weighted by atomic mass is 9.66. The summed E-state index contributed by atoms with van der Waals surface area (Å²) in [7, 11) is 0. The van der Waals surface area contributed by atoms with Gasteiger partial charge in [-0.1, -0.05) is 13.3 Å². The summed E-state index contributed by atoms with van der Waals surface area (Å²) < 4.78 is 5.55. The quantitative estimate of drug-likeness (QED) is 0.821. The van der Waals surface area contributed by atoms with Gasteiger partial charge in [0.1, 0.15) is 0 Å². The molecule has 1 aliphatic carbocycles. The summed E-state index contributed by atoms with van der Waals surface area (Å²) in [6.45, 7) is 2.95. The fourth-order valence-electron chi connectivity index (χ4n) is 3.28. The predicted octanol–water partition coefficient (Wildman–Crippen LogP) is 2.64. The molecule has 3 nitrogen and oxygen atoms in total. The van der Waals surface area contributed by atoms with E-state index in [1.54, 1.807) is 0 Å². The van der Waals surface area contributed by atoms with Crippen molar-refractivity contribution in [2.75, 3.05) is 6.61 Å². The Balaban J connectivity index is 2.02. The molecule has 2 aliphatic rings. The Kier molecular flexibility index (Phi) is 4.06. The van der Waals surface area contributed by atoms with Crippen LogP contribution in [0.25, 0.3) is 0 Å². The fourth-order valence-corrected chi connectivity index (χ4v) is 3.28. The van der Waals surface area contributed by atoms with Crippen molar-refractivity contribution in [1.29, 1.82) is 5.26 Å². The first-order valence-electron chi connectivity index (χ1n) is 6.93. The van der Waals surface area contributed by atoms with Crippen LogP contribution < -0.4 is 0 Å². The summed E-state index contributed by atoms with van der Waals surface area (Å²) in [5.74, 6) is 0.744. The monoisotopic (exact) mass is 237 g/mol. The molecule has 0 radical (unpaired) electrons. The predicted molar refractivity (Wildman–Crippen MR) is 65.3 cm³/mol. The highest BCUT2D eigenvalue weighted by Gasteiger charge is 2.45. The van der Waals surface area contributed by atoms with E-state index in [1.807, 2.05) is 0 Å². The molecule has 2 unspecified atom stereocenters. The smallest absolute Gasteiger partial charge is 0.0987 e. The molecule has 0 aromatic heterocycles. The van der Waals surface area contributed by atoms with E-state index in [2.05, 4.69) is 13.0 Å². The SMILES string of the molecule is CCC1CCC(C#N)(C(O)C2CCCO2)CC1. The van der Waals surface area contributed by atoms with E-state index in [4.69, 9.17) is 4.74 Å². The molecule has 2 fully saturated rings. The Morgan fingerprint density at radius 3 is 2.59 bits per heavy atom. The summed E-state index contributed by atoms with van der Waals surface area (Å²) in [4.78, 5) is 0. The van der Waals surface area contributed by atoms with E-state index >= 15 is 0 Å². The largest absolute Gasteiger partial charge is 0.389 e. The van der Waals surface area contributed by atoms with Crippen LogP contribution in [0.3, 0.4) is 0 Å². The lowest BCUT2D eigenvalue weighted by Crippen LogP contribution is -2.44. The second-order valence-electron chi connectivity index (χ2n) is 5.62. The molecule has 2 atom stereocenters. The van der Waals surface area contributed by atoms with E-state index < -0.39 is 11.5 Å². The van der Waals surface area contributed by atoms with Crippen molar-refractivity contribution >= 4 is 0 Å². The standard InChI is InChI=1S/C14H23NO2/c1-2-11-5-7-14(10-15,8-6-11)13(16)12-4-3-9-17-12/h11-13,16H,2-9H2,1H3. The highest BCUT2D eigenvalue weighted by molar-refractivity contribution is 5.08. The van der Waals surface area contributed by atoms with E-state index in [1.165, 1.54) is 6.42 Å². The number of aliphatic hydroxyl groups is 1. The van der Waals surface area contributed by atoms with Gasteiger partial charge in [0.25, 0.3) is 0 Å². The Morgan fingerprint density at radius 2 is 2.12 bits per heavy atom. The summed E-state index contributed by atoms with van der Waals surface area (Å²) in [6.07, 6.45) is 6.24. The number of nitriles is 1. The van der Waals surface area contributed by atoms with Crippen LogP contribution in [0.5, 0.6) is 0 Å². The van der Waals surface area contributed by atoms with Gasteiger partial charge in [-0.3, -0.25) is 0 Å². The molecule has 0 aromatic carbocycles. The number of nitrogens with zero attached hydrogens (tertiary/aromatic N) is 1. The number of hydrogen-bond donors (Lipinski definition) is 1. The minimum absolute atomic E-state index is 0.104. The van der Waals surface area contributed by atoms with Crippen LogP contribution >= 0.6 is 0 Å². The Labute approximate surface area is 104 Å². The van der Waals surface area contributed by atoms with Crippen molar-refractivity contribution in [3.8, 4) is 6.07 Å². The zero-order valence-corrected chi connectivity index (χ0v) is 10.7. The van der Waals surface area contributed by atoms with Crippen molar-refractivity contribution in [1.82, 2.24) is 0 Å². The van der Waals surface area contributed by atoms with Crippen molar-refractivity contribution in [3.63, 3.8) is 0 Å². The van der Waals surface area contributed by atoms with E-state index in [9.17, 15) is 10.4 Å². The molecule has 96 valence electrons. The molecule has 1 saturated carbocycles. The summed E-state index contributed by atoms with van der Waals surface area (Å²) in [5.41, 5.74) is -0.541. The number of ether oxygens (including phenoxy) is 1. The molecule has 1 heterocycles.